The summed E-state index contributed by atoms with van der Waals surface area (Å²) in [6.45, 7) is 3.81. The van der Waals surface area contributed by atoms with Crippen LogP contribution in [0.4, 0.5) is 0 Å². The fourth-order valence-electron chi connectivity index (χ4n) is 0.671. The SMILES string of the molecule is CCC=NNC1=NCCN1. The number of rotatable bonds is 2. The van der Waals surface area contributed by atoms with E-state index in [-0.39, 0.29) is 0 Å². The van der Waals surface area contributed by atoms with E-state index in [2.05, 4.69) is 20.8 Å². The van der Waals surface area contributed by atoms with E-state index in [1.165, 1.54) is 0 Å². The molecule has 1 aliphatic heterocycles. The molecule has 0 unspecified atom stereocenters. The summed E-state index contributed by atoms with van der Waals surface area (Å²) in [5.41, 5.74) is 2.79. The summed E-state index contributed by atoms with van der Waals surface area (Å²) < 4.78 is 0. The summed E-state index contributed by atoms with van der Waals surface area (Å²) in [5, 5.41) is 6.94. The highest BCUT2D eigenvalue weighted by Gasteiger charge is 2.00. The van der Waals surface area contributed by atoms with E-state index in [1.807, 2.05) is 13.1 Å². The lowest BCUT2D eigenvalue weighted by atomic mass is 10.6. The molecular weight excluding hydrogens is 128 g/mol. The van der Waals surface area contributed by atoms with E-state index >= 15 is 0 Å². The number of aliphatic imine (C=N–C) groups is 1. The first kappa shape index (κ1) is 7.05. The van der Waals surface area contributed by atoms with Gasteiger partial charge in [0.05, 0.1) is 6.54 Å². The van der Waals surface area contributed by atoms with Crippen LogP contribution in [0.3, 0.4) is 0 Å². The van der Waals surface area contributed by atoms with Crippen molar-refractivity contribution in [2.45, 2.75) is 13.3 Å². The van der Waals surface area contributed by atoms with Gasteiger partial charge >= 0.3 is 0 Å². The Kier molecular flexibility index (Phi) is 2.73. The molecule has 0 atom stereocenters. The highest BCUT2D eigenvalue weighted by atomic mass is 15.4. The van der Waals surface area contributed by atoms with Gasteiger partial charge in [-0.05, 0) is 6.42 Å². The number of guanidine groups is 1. The Balaban J connectivity index is 2.18. The lowest BCUT2D eigenvalue weighted by Crippen LogP contribution is -2.29. The molecule has 0 radical (unpaired) electrons. The fourth-order valence-corrected chi connectivity index (χ4v) is 0.671. The van der Waals surface area contributed by atoms with Crippen LogP contribution in [0.2, 0.25) is 0 Å². The fraction of sp³-hybridized carbons (Fsp3) is 0.667. The third-order valence-corrected chi connectivity index (χ3v) is 1.12. The summed E-state index contributed by atoms with van der Waals surface area (Å²) in [6, 6.07) is 0. The minimum Gasteiger partial charge on any atom is -0.353 e. The predicted octanol–water partition coefficient (Wildman–Crippen LogP) is -0.0690. The molecule has 4 heteroatoms. The summed E-state index contributed by atoms with van der Waals surface area (Å²) in [6.07, 6.45) is 2.75. The average molecular weight is 140 g/mol. The zero-order valence-corrected chi connectivity index (χ0v) is 6.09. The van der Waals surface area contributed by atoms with Crippen LogP contribution >= 0.6 is 0 Å². The predicted molar refractivity (Wildman–Crippen MR) is 42.2 cm³/mol. The van der Waals surface area contributed by atoms with Crippen LogP contribution in [0.1, 0.15) is 13.3 Å². The first-order chi connectivity index (χ1) is 4.93. The van der Waals surface area contributed by atoms with Crippen LogP contribution in [-0.2, 0) is 0 Å². The van der Waals surface area contributed by atoms with Crippen molar-refractivity contribution in [3.8, 4) is 0 Å². The molecule has 4 nitrogen and oxygen atoms in total. The molecule has 1 heterocycles. The molecule has 0 amide bonds. The highest BCUT2D eigenvalue weighted by molar-refractivity contribution is 5.81. The first-order valence-corrected chi connectivity index (χ1v) is 3.49. The standard InChI is InChI=1S/C6H12N4/c1-2-3-9-10-6-7-4-5-8-6/h3H,2,4-5H2,1H3,(H2,7,8,10). The molecule has 0 aromatic heterocycles. The van der Waals surface area contributed by atoms with Crippen molar-refractivity contribution in [2.24, 2.45) is 10.1 Å². The maximum Gasteiger partial charge on any atom is 0.212 e. The molecule has 0 aromatic carbocycles. The second-order valence-electron chi connectivity index (χ2n) is 1.99. The molecule has 0 saturated heterocycles. The zero-order valence-electron chi connectivity index (χ0n) is 6.09. The van der Waals surface area contributed by atoms with Gasteiger partial charge in [0.1, 0.15) is 0 Å². The van der Waals surface area contributed by atoms with Gasteiger partial charge in [0, 0.05) is 12.8 Å². The van der Waals surface area contributed by atoms with Crippen molar-refractivity contribution in [2.75, 3.05) is 13.1 Å². The van der Waals surface area contributed by atoms with Gasteiger partial charge in [-0.3, -0.25) is 0 Å². The van der Waals surface area contributed by atoms with E-state index in [1.54, 1.807) is 0 Å². The van der Waals surface area contributed by atoms with Gasteiger partial charge in [0.25, 0.3) is 0 Å². The molecule has 0 fully saturated rings. The number of hydrazone groups is 1. The molecule has 0 bridgehead atoms. The van der Waals surface area contributed by atoms with Crippen LogP contribution in [-0.4, -0.2) is 25.3 Å². The molecule has 1 aliphatic rings. The molecule has 1 rings (SSSR count). The van der Waals surface area contributed by atoms with Crippen LogP contribution in [0.25, 0.3) is 0 Å². The van der Waals surface area contributed by atoms with Gasteiger partial charge in [-0.25, -0.2) is 10.4 Å². The Hall–Kier alpha value is -1.06. The largest absolute Gasteiger partial charge is 0.353 e. The molecule has 2 N–H and O–H groups in total. The maximum atomic E-state index is 4.09. The van der Waals surface area contributed by atoms with Crippen molar-refractivity contribution in [3.05, 3.63) is 0 Å². The third kappa shape index (κ3) is 2.05. The lowest BCUT2D eigenvalue weighted by Gasteiger charge is -1.97. The number of nitrogens with zero attached hydrogens (tertiary/aromatic N) is 2. The van der Waals surface area contributed by atoms with Crippen LogP contribution in [0.15, 0.2) is 10.1 Å². The van der Waals surface area contributed by atoms with Crippen LogP contribution in [0, 0.1) is 0 Å². The Morgan fingerprint density at radius 2 is 2.80 bits per heavy atom. The quantitative estimate of drug-likeness (QED) is 0.416. The smallest absolute Gasteiger partial charge is 0.212 e. The molecule has 0 aromatic rings. The number of hydrogen-bond acceptors (Lipinski definition) is 4. The van der Waals surface area contributed by atoms with Crippen LogP contribution in [0.5, 0.6) is 0 Å². The van der Waals surface area contributed by atoms with Gasteiger partial charge in [-0.15, -0.1) is 0 Å². The van der Waals surface area contributed by atoms with Gasteiger partial charge < -0.3 is 5.32 Å². The van der Waals surface area contributed by atoms with Crippen molar-refractivity contribution < 1.29 is 0 Å². The molecular formula is C6H12N4. The van der Waals surface area contributed by atoms with E-state index in [0.717, 1.165) is 25.5 Å². The minimum atomic E-state index is 0.782. The summed E-state index contributed by atoms with van der Waals surface area (Å²) in [7, 11) is 0. The molecule has 0 saturated carbocycles. The Bertz CT molecular complexity index is 150. The molecule has 0 aliphatic carbocycles. The second-order valence-corrected chi connectivity index (χ2v) is 1.99. The van der Waals surface area contributed by atoms with Crippen molar-refractivity contribution in [1.29, 1.82) is 0 Å². The van der Waals surface area contributed by atoms with Crippen LogP contribution < -0.4 is 10.7 Å². The maximum absolute atomic E-state index is 4.09. The summed E-state index contributed by atoms with van der Waals surface area (Å²) in [5.74, 6) is 0.782. The lowest BCUT2D eigenvalue weighted by molar-refractivity contribution is 0.917. The minimum absolute atomic E-state index is 0.782. The van der Waals surface area contributed by atoms with E-state index < -0.39 is 0 Å². The van der Waals surface area contributed by atoms with E-state index in [9.17, 15) is 0 Å². The Morgan fingerprint density at radius 3 is 3.40 bits per heavy atom. The summed E-state index contributed by atoms with van der Waals surface area (Å²) in [4.78, 5) is 4.09. The number of nitrogens with one attached hydrogen (secondary N) is 2. The first-order valence-electron chi connectivity index (χ1n) is 3.49. The third-order valence-electron chi connectivity index (χ3n) is 1.12. The number of hydrogen-bond donors (Lipinski definition) is 2. The Labute approximate surface area is 60.4 Å². The second kappa shape index (κ2) is 3.87. The van der Waals surface area contributed by atoms with Crippen molar-refractivity contribution in [1.82, 2.24) is 10.7 Å². The van der Waals surface area contributed by atoms with Gasteiger partial charge in [0.15, 0.2) is 0 Å². The van der Waals surface area contributed by atoms with E-state index in [4.69, 9.17) is 0 Å². The summed E-state index contributed by atoms with van der Waals surface area (Å²) >= 11 is 0. The molecule has 0 spiro atoms. The molecule has 56 valence electrons. The topological polar surface area (TPSA) is 48.8 Å². The highest BCUT2D eigenvalue weighted by Crippen LogP contribution is 1.80. The monoisotopic (exact) mass is 140 g/mol. The Morgan fingerprint density at radius 1 is 1.90 bits per heavy atom. The van der Waals surface area contributed by atoms with Crippen molar-refractivity contribution >= 4 is 12.2 Å². The zero-order chi connectivity index (χ0) is 7.23. The van der Waals surface area contributed by atoms with Gasteiger partial charge in [-0.2, -0.15) is 5.10 Å². The normalized spacial score (nSPS) is 17.1. The average Bonchev–Trinajstić information content (AvgIpc) is 2.41. The van der Waals surface area contributed by atoms with Gasteiger partial charge in [0.2, 0.25) is 5.96 Å². The van der Waals surface area contributed by atoms with Gasteiger partial charge in [-0.1, -0.05) is 6.92 Å². The van der Waals surface area contributed by atoms with Crippen molar-refractivity contribution in [3.63, 3.8) is 0 Å². The van der Waals surface area contributed by atoms with E-state index in [0.29, 0.717) is 0 Å². The molecule has 10 heavy (non-hydrogen) atoms.